The van der Waals surface area contributed by atoms with Crippen LogP contribution in [0.15, 0.2) is 42.7 Å². The molecule has 0 atom stereocenters. The van der Waals surface area contributed by atoms with Crippen LogP contribution in [0, 0.1) is 13.8 Å². The van der Waals surface area contributed by atoms with Gasteiger partial charge < -0.3 is 28.5 Å². The van der Waals surface area contributed by atoms with Crippen molar-refractivity contribution in [1.82, 2.24) is 0 Å². The van der Waals surface area contributed by atoms with Crippen molar-refractivity contribution < 1.29 is 28.5 Å². The maximum Gasteiger partial charge on any atom is 0.340 e. The molecule has 0 aliphatic carbocycles. The standard InChI is InChI=1S/C22H18O8/c1-9-5-11-13(27-3)7-15(24)29-21(11)20(26)18(9)19-12(23)6-10(2)17-14(28-4)8-16(25)30-22(17)19/h5-8,23,26H,1-4H3. The molecule has 0 aliphatic rings. The van der Waals surface area contributed by atoms with Crippen LogP contribution in [0.3, 0.4) is 0 Å². The van der Waals surface area contributed by atoms with Gasteiger partial charge in [-0.05, 0) is 37.1 Å². The number of benzene rings is 2. The molecule has 154 valence electrons. The molecule has 8 heteroatoms. The molecular weight excluding hydrogens is 392 g/mol. The summed E-state index contributed by atoms with van der Waals surface area (Å²) >= 11 is 0. The van der Waals surface area contributed by atoms with E-state index in [1.165, 1.54) is 32.4 Å². The van der Waals surface area contributed by atoms with Gasteiger partial charge in [0.2, 0.25) is 0 Å². The van der Waals surface area contributed by atoms with E-state index in [2.05, 4.69) is 0 Å². The highest BCUT2D eigenvalue weighted by atomic mass is 16.5. The highest BCUT2D eigenvalue weighted by molar-refractivity contribution is 6.05. The van der Waals surface area contributed by atoms with Crippen molar-refractivity contribution in [3.8, 4) is 34.1 Å². The van der Waals surface area contributed by atoms with Gasteiger partial charge in [0, 0.05) is 5.56 Å². The van der Waals surface area contributed by atoms with Crippen LogP contribution < -0.4 is 20.7 Å². The molecule has 0 bridgehead atoms. The monoisotopic (exact) mass is 410 g/mol. The quantitative estimate of drug-likeness (QED) is 0.492. The van der Waals surface area contributed by atoms with Gasteiger partial charge in [0.1, 0.15) is 17.2 Å². The Morgan fingerprint density at radius 2 is 1.37 bits per heavy atom. The topological polar surface area (TPSA) is 119 Å². The van der Waals surface area contributed by atoms with Crippen LogP contribution in [0.1, 0.15) is 11.1 Å². The summed E-state index contributed by atoms with van der Waals surface area (Å²) in [6, 6.07) is 5.50. The molecule has 0 fully saturated rings. The number of phenolic OH excluding ortho intramolecular Hbond substituents is 2. The van der Waals surface area contributed by atoms with E-state index in [0.29, 0.717) is 21.9 Å². The molecule has 0 radical (unpaired) electrons. The normalized spacial score (nSPS) is 11.2. The number of fused-ring (bicyclic) bond motifs is 2. The third-order valence-corrected chi connectivity index (χ3v) is 5.01. The van der Waals surface area contributed by atoms with Gasteiger partial charge in [0.25, 0.3) is 0 Å². The lowest BCUT2D eigenvalue weighted by molar-refractivity contribution is 0.409. The summed E-state index contributed by atoms with van der Waals surface area (Å²) in [4.78, 5) is 24.0. The minimum atomic E-state index is -0.712. The second kappa shape index (κ2) is 6.84. The van der Waals surface area contributed by atoms with Crippen molar-refractivity contribution in [2.75, 3.05) is 14.2 Å². The van der Waals surface area contributed by atoms with Crippen molar-refractivity contribution in [2.24, 2.45) is 0 Å². The van der Waals surface area contributed by atoms with Gasteiger partial charge in [-0.25, -0.2) is 9.59 Å². The second-order valence-corrected chi connectivity index (χ2v) is 6.85. The van der Waals surface area contributed by atoms with Crippen molar-refractivity contribution in [3.63, 3.8) is 0 Å². The Hall–Kier alpha value is -3.94. The maximum absolute atomic E-state index is 12.1. The van der Waals surface area contributed by atoms with E-state index >= 15 is 0 Å². The number of hydrogen-bond donors (Lipinski definition) is 2. The van der Waals surface area contributed by atoms with E-state index in [9.17, 15) is 19.8 Å². The Balaban J connectivity index is 2.23. The van der Waals surface area contributed by atoms with Crippen LogP contribution in [0.5, 0.6) is 23.0 Å². The van der Waals surface area contributed by atoms with Crippen LogP contribution in [0.25, 0.3) is 33.1 Å². The van der Waals surface area contributed by atoms with Gasteiger partial charge in [-0.15, -0.1) is 0 Å². The first kappa shape index (κ1) is 19.4. The maximum atomic E-state index is 12.1. The molecule has 0 saturated carbocycles. The Labute approximate surface area is 169 Å². The van der Waals surface area contributed by atoms with Gasteiger partial charge >= 0.3 is 11.3 Å². The molecule has 4 aromatic rings. The fourth-order valence-electron chi connectivity index (χ4n) is 3.76. The third-order valence-electron chi connectivity index (χ3n) is 5.01. The lowest BCUT2D eigenvalue weighted by Crippen LogP contribution is -2.02. The van der Waals surface area contributed by atoms with E-state index < -0.39 is 17.0 Å². The summed E-state index contributed by atoms with van der Waals surface area (Å²) in [5.74, 6) is -0.116. The average Bonchev–Trinajstić information content (AvgIpc) is 2.69. The SMILES string of the molecule is COc1cc(=O)oc2c(O)c(-c3c(O)cc(C)c4c(OC)cc(=O)oc34)c(C)cc12. The van der Waals surface area contributed by atoms with Gasteiger partial charge in [0.15, 0.2) is 16.9 Å². The fourth-order valence-corrected chi connectivity index (χ4v) is 3.76. The Morgan fingerprint density at radius 3 is 2.00 bits per heavy atom. The zero-order chi connectivity index (χ0) is 21.7. The van der Waals surface area contributed by atoms with E-state index in [4.69, 9.17) is 18.3 Å². The van der Waals surface area contributed by atoms with Crippen molar-refractivity contribution in [3.05, 3.63) is 56.2 Å². The van der Waals surface area contributed by atoms with Crippen molar-refractivity contribution >= 4 is 21.9 Å². The summed E-state index contributed by atoms with van der Waals surface area (Å²) < 4.78 is 21.2. The summed E-state index contributed by atoms with van der Waals surface area (Å²) in [6.45, 7) is 3.42. The molecule has 8 nitrogen and oxygen atoms in total. The molecule has 0 unspecified atom stereocenters. The average molecular weight is 410 g/mol. The molecule has 0 aliphatic heterocycles. The minimum Gasteiger partial charge on any atom is -0.507 e. The number of rotatable bonds is 3. The molecule has 2 aromatic carbocycles. The molecule has 4 rings (SSSR count). The van der Waals surface area contributed by atoms with Crippen LogP contribution in [0.2, 0.25) is 0 Å². The van der Waals surface area contributed by atoms with Crippen LogP contribution >= 0.6 is 0 Å². The summed E-state index contributed by atoms with van der Waals surface area (Å²) in [5.41, 5.74) is -0.103. The summed E-state index contributed by atoms with van der Waals surface area (Å²) in [6.07, 6.45) is 0. The molecule has 0 spiro atoms. The molecular formula is C22H18O8. The lowest BCUT2D eigenvalue weighted by atomic mass is 9.93. The largest absolute Gasteiger partial charge is 0.507 e. The van der Waals surface area contributed by atoms with Crippen LogP contribution in [-0.2, 0) is 0 Å². The van der Waals surface area contributed by atoms with Gasteiger partial charge in [-0.1, -0.05) is 0 Å². The smallest absolute Gasteiger partial charge is 0.340 e. The first-order valence-electron chi connectivity index (χ1n) is 8.96. The van der Waals surface area contributed by atoms with Gasteiger partial charge in [-0.3, -0.25) is 0 Å². The number of ether oxygens (including phenoxy) is 2. The Bertz CT molecular complexity index is 1440. The molecule has 2 heterocycles. The number of phenols is 2. The lowest BCUT2D eigenvalue weighted by Gasteiger charge is -2.16. The minimum absolute atomic E-state index is 0.0415. The highest BCUT2D eigenvalue weighted by Crippen LogP contribution is 2.48. The summed E-state index contributed by atoms with van der Waals surface area (Å²) in [5, 5.41) is 22.6. The Kier molecular flexibility index (Phi) is 4.42. The molecule has 0 saturated heterocycles. The molecule has 30 heavy (non-hydrogen) atoms. The zero-order valence-electron chi connectivity index (χ0n) is 16.7. The van der Waals surface area contributed by atoms with E-state index in [0.717, 1.165) is 0 Å². The van der Waals surface area contributed by atoms with Crippen LogP contribution in [-0.4, -0.2) is 24.4 Å². The predicted octanol–water partition coefficient (Wildman–Crippen LogP) is 3.61. The summed E-state index contributed by atoms with van der Waals surface area (Å²) in [7, 11) is 2.81. The zero-order valence-corrected chi connectivity index (χ0v) is 16.7. The third kappa shape index (κ3) is 2.76. The van der Waals surface area contributed by atoms with Crippen LogP contribution in [0.4, 0.5) is 0 Å². The molecule has 2 N–H and O–H groups in total. The van der Waals surface area contributed by atoms with Crippen molar-refractivity contribution in [1.29, 1.82) is 0 Å². The first-order chi connectivity index (χ1) is 14.3. The Morgan fingerprint density at radius 1 is 0.767 bits per heavy atom. The predicted molar refractivity (Wildman–Crippen MR) is 110 cm³/mol. The van der Waals surface area contributed by atoms with E-state index in [1.54, 1.807) is 19.9 Å². The fraction of sp³-hybridized carbons (Fsp3) is 0.182. The van der Waals surface area contributed by atoms with E-state index in [1.807, 2.05) is 0 Å². The van der Waals surface area contributed by atoms with Crippen molar-refractivity contribution in [2.45, 2.75) is 13.8 Å². The first-order valence-corrected chi connectivity index (χ1v) is 8.96. The second-order valence-electron chi connectivity index (χ2n) is 6.85. The highest BCUT2D eigenvalue weighted by Gasteiger charge is 2.25. The van der Waals surface area contributed by atoms with Gasteiger partial charge in [-0.2, -0.15) is 0 Å². The van der Waals surface area contributed by atoms with E-state index in [-0.39, 0.29) is 39.5 Å². The molecule has 0 amide bonds. The number of methoxy groups -OCH3 is 2. The molecule has 2 aromatic heterocycles. The van der Waals surface area contributed by atoms with Gasteiger partial charge in [0.05, 0.1) is 42.7 Å². The number of hydrogen-bond acceptors (Lipinski definition) is 8. The number of aryl methyl sites for hydroxylation is 2. The number of aromatic hydroxyl groups is 2.